The number of nitrogens with zero attached hydrogens (tertiary/aromatic N) is 1. The zero-order valence-electron chi connectivity index (χ0n) is 10.9. The van der Waals surface area contributed by atoms with Crippen LogP contribution in [0.2, 0.25) is 0 Å². The van der Waals surface area contributed by atoms with E-state index in [4.69, 9.17) is 15.1 Å². The minimum atomic E-state index is -3.74. The Balaban J connectivity index is 3.08. The van der Waals surface area contributed by atoms with Crippen LogP contribution in [0.1, 0.15) is 12.0 Å². The van der Waals surface area contributed by atoms with E-state index < -0.39 is 15.8 Å². The summed E-state index contributed by atoms with van der Waals surface area (Å²) in [4.78, 5) is 0. The monoisotopic (exact) mass is 294 g/mol. The van der Waals surface area contributed by atoms with Gasteiger partial charge < -0.3 is 9.84 Å². The summed E-state index contributed by atoms with van der Waals surface area (Å²) in [6.45, 7) is -0.0369. The Hall–Kier alpha value is -2.22. The zero-order chi connectivity index (χ0) is 15.0. The van der Waals surface area contributed by atoms with Crippen LogP contribution < -0.4 is 9.46 Å². The minimum absolute atomic E-state index is 0.0369. The number of hydrogen-bond acceptors (Lipinski definition) is 5. The fourth-order valence-corrected chi connectivity index (χ4v) is 2.11. The van der Waals surface area contributed by atoms with Crippen molar-refractivity contribution in [2.45, 2.75) is 6.42 Å². The zero-order valence-corrected chi connectivity index (χ0v) is 11.7. The first-order valence-electron chi connectivity index (χ1n) is 5.67. The molecule has 0 unspecified atom stereocenters. The molecular weight excluding hydrogens is 280 g/mol. The van der Waals surface area contributed by atoms with Crippen LogP contribution in [0.15, 0.2) is 18.2 Å². The average molecular weight is 294 g/mol. The van der Waals surface area contributed by atoms with E-state index in [0.717, 1.165) is 0 Å². The highest BCUT2D eigenvalue weighted by Gasteiger charge is 2.13. The van der Waals surface area contributed by atoms with Gasteiger partial charge in [-0.25, -0.2) is 8.42 Å². The van der Waals surface area contributed by atoms with Crippen molar-refractivity contribution >= 4 is 15.7 Å². The molecule has 0 radical (unpaired) electrons. The SMILES string of the molecule is COc1ccc(C#CCCO)cc1NS(=O)(=O)CC#N. The molecule has 0 aromatic heterocycles. The number of hydrogen-bond donors (Lipinski definition) is 2. The summed E-state index contributed by atoms with van der Waals surface area (Å²) < 4.78 is 30.5. The molecule has 0 aliphatic carbocycles. The first kappa shape index (κ1) is 15.8. The quantitative estimate of drug-likeness (QED) is 0.779. The molecule has 0 atom stereocenters. The van der Waals surface area contributed by atoms with Gasteiger partial charge in [-0.1, -0.05) is 11.8 Å². The highest BCUT2D eigenvalue weighted by atomic mass is 32.2. The molecule has 6 nitrogen and oxygen atoms in total. The Labute approximate surface area is 118 Å². The van der Waals surface area contributed by atoms with Crippen molar-refractivity contribution in [2.75, 3.05) is 24.2 Å². The van der Waals surface area contributed by atoms with E-state index in [-0.39, 0.29) is 12.3 Å². The number of anilines is 1. The molecular formula is C13H14N2O4S. The van der Waals surface area contributed by atoms with Gasteiger partial charge in [0.05, 0.1) is 25.5 Å². The van der Waals surface area contributed by atoms with Gasteiger partial charge in [0, 0.05) is 12.0 Å². The number of ether oxygens (including phenoxy) is 1. The lowest BCUT2D eigenvalue weighted by atomic mass is 10.2. The van der Waals surface area contributed by atoms with Crippen molar-refractivity contribution in [3.63, 3.8) is 0 Å². The number of sulfonamides is 1. The number of nitrogens with one attached hydrogen (secondary N) is 1. The maximum atomic E-state index is 11.6. The highest BCUT2D eigenvalue weighted by Crippen LogP contribution is 2.26. The molecule has 2 N–H and O–H groups in total. The maximum absolute atomic E-state index is 11.6. The van der Waals surface area contributed by atoms with Gasteiger partial charge in [-0.15, -0.1) is 0 Å². The van der Waals surface area contributed by atoms with Crippen LogP contribution >= 0.6 is 0 Å². The Morgan fingerprint density at radius 2 is 2.20 bits per heavy atom. The van der Waals surface area contributed by atoms with Gasteiger partial charge in [0.1, 0.15) is 5.75 Å². The van der Waals surface area contributed by atoms with Gasteiger partial charge in [-0.3, -0.25) is 4.72 Å². The summed E-state index contributed by atoms with van der Waals surface area (Å²) in [5.41, 5.74) is 0.799. The summed E-state index contributed by atoms with van der Waals surface area (Å²) in [5.74, 6) is 5.21. The van der Waals surface area contributed by atoms with Crippen LogP contribution in [0.5, 0.6) is 5.75 Å². The van der Waals surface area contributed by atoms with E-state index >= 15 is 0 Å². The third kappa shape index (κ3) is 4.81. The van der Waals surface area contributed by atoms with E-state index in [2.05, 4.69) is 16.6 Å². The van der Waals surface area contributed by atoms with Crippen molar-refractivity contribution in [2.24, 2.45) is 0 Å². The lowest BCUT2D eigenvalue weighted by Gasteiger charge is -2.10. The van der Waals surface area contributed by atoms with Gasteiger partial charge >= 0.3 is 0 Å². The summed E-state index contributed by atoms with van der Waals surface area (Å²) in [5, 5.41) is 17.1. The molecule has 0 spiro atoms. The molecule has 0 bridgehead atoms. The Bertz CT molecular complexity index is 666. The molecule has 20 heavy (non-hydrogen) atoms. The highest BCUT2D eigenvalue weighted by molar-refractivity contribution is 7.92. The van der Waals surface area contributed by atoms with E-state index in [0.29, 0.717) is 17.7 Å². The molecule has 0 saturated heterocycles. The lowest BCUT2D eigenvalue weighted by molar-refractivity contribution is 0.305. The number of rotatable bonds is 5. The summed E-state index contributed by atoms with van der Waals surface area (Å²) >= 11 is 0. The van der Waals surface area contributed by atoms with E-state index in [9.17, 15) is 8.42 Å². The Morgan fingerprint density at radius 3 is 2.80 bits per heavy atom. The molecule has 1 aromatic carbocycles. The topological polar surface area (TPSA) is 99.4 Å². The lowest BCUT2D eigenvalue weighted by Crippen LogP contribution is -2.16. The second-order valence-electron chi connectivity index (χ2n) is 3.71. The van der Waals surface area contributed by atoms with Crippen molar-refractivity contribution in [3.8, 4) is 23.7 Å². The van der Waals surface area contributed by atoms with Crippen LogP contribution in [0.25, 0.3) is 0 Å². The molecule has 0 aliphatic heterocycles. The molecule has 0 amide bonds. The third-order valence-electron chi connectivity index (χ3n) is 2.19. The number of benzene rings is 1. The second kappa shape index (κ2) is 7.39. The molecule has 0 heterocycles. The molecule has 1 aromatic rings. The van der Waals surface area contributed by atoms with E-state index in [1.807, 2.05) is 0 Å². The van der Waals surface area contributed by atoms with Crippen LogP contribution in [0.3, 0.4) is 0 Å². The van der Waals surface area contributed by atoms with Gasteiger partial charge in [0.15, 0.2) is 5.75 Å². The largest absolute Gasteiger partial charge is 0.495 e. The molecule has 0 saturated carbocycles. The van der Waals surface area contributed by atoms with Gasteiger partial charge in [0.25, 0.3) is 0 Å². The van der Waals surface area contributed by atoms with E-state index in [1.54, 1.807) is 18.2 Å². The van der Waals surface area contributed by atoms with Gasteiger partial charge in [0.2, 0.25) is 10.0 Å². The molecule has 7 heteroatoms. The molecule has 0 fully saturated rings. The second-order valence-corrected chi connectivity index (χ2v) is 5.43. The molecule has 0 aliphatic rings. The van der Waals surface area contributed by atoms with Crippen LogP contribution in [0.4, 0.5) is 5.69 Å². The van der Waals surface area contributed by atoms with E-state index in [1.165, 1.54) is 13.2 Å². The predicted octanol–water partition coefficient (Wildman–Crippen LogP) is 0.694. The fraction of sp³-hybridized carbons (Fsp3) is 0.308. The number of aliphatic hydroxyl groups is 1. The molecule has 1 rings (SSSR count). The minimum Gasteiger partial charge on any atom is -0.495 e. The standard InChI is InChI=1S/C13H14N2O4S/c1-19-13-6-5-11(4-2-3-8-16)10-12(13)15-20(17,18)9-7-14/h5-6,10,15-16H,3,8-9H2,1H3. The number of methoxy groups -OCH3 is 1. The van der Waals surface area contributed by atoms with Crippen molar-refractivity contribution in [1.82, 2.24) is 0 Å². The fourth-order valence-electron chi connectivity index (χ4n) is 1.37. The smallest absolute Gasteiger partial charge is 0.246 e. The van der Waals surface area contributed by atoms with Crippen LogP contribution in [-0.4, -0.2) is 33.0 Å². The summed E-state index contributed by atoms with van der Waals surface area (Å²) in [7, 11) is -2.33. The van der Waals surface area contributed by atoms with Crippen molar-refractivity contribution < 1.29 is 18.3 Å². The molecule has 106 valence electrons. The Morgan fingerprint density at radius 1 is 1.45 bits per heavy atom. The summed E-state index contributed by atoms with van der Waals surface area (Å²) in [6, 6.07) is 6.34. The van der Waals surface area contributed by atoms with Gasteiger partial charge in [-0.2, -0.15) is 5.26 Å². The van der Waals surface area contributed by atoms with Crippen molar-refractivity contribution in [3.05, 3.63) is 23.8 Å². The third-order valence-corrected chi connectivity index (χ3v) is 3.23. The Kier molecular flexibility index (Phi) is 5.85. The van der Waals surface area contributed by atoms with Crippen LogP contribution in [-0.2, 0) is 10.0 Å². The predicted molar refractivity (Wildman–Crippen MR) is 74.6 cm³/mol. The first-order valence-corrected chi connectivity index (χ1v) is 7.33. The van der Waals surface area contributed by atoms with Crippen molar-refractivity contribution in [1.29, 1.82) is 5.26 Å². The summed E-state index contributed by atoms with van der Waals surface area (Å²) in [6.07, 6.45) is 0.335. The van der Waals surface area contributed by atoms with Gasteiger partial charge in [-0.05, 0) is 18.2 Å². The maximum Gasteiger partial charge on any atom is 0.246 e. The van der Waals surface area contributed by atoms with Crippen LogP contribution in [0, 0.1) is 23.2 Å². The first-order chi connectivity index (χ1) is 9.52. The number of nitriles is 1. The average Bonchev–Trinajstić information content (AvgIpc) is 2.39. The normalized spacial score (nSPS) is 10.1. The number of aliphatic hydroxyl groups excluding tert-OH is 1.